The summed E-state index contributed by atoms with van der Waals surface area (Å²) in [6.07, 6.45) is 3.89. The van der Waals surface area contributed by atoms with Crippen LogP contribution in [0.5, 0.6) is 0 Å². The monoisotopic (exact) mass is 272 g/mol. The molecule has 3 N–H and O–H groups in total. The molecule has 0 saturated heterocycles. The molecule has 0 saturated carbocycles. The normalized spacial score (nSPS) is 10.8. The summed E-state index contributed by atoms with van der Waals surface area (Å²) in [4.78, 5) is 11.5. The summed E-state index contributed by atoms with van der Waals surface area (Å²) in [5.41, 5.74) is 6.11. The van der Waals surface area contributed by atoms with Crippen LogP contribution in [0.2, 0.25) is 10.0 Å². The number of carbonyl (C=O) groups is 1. The van der Waals surface area contributed by atoms with E-state index in [1.54, 1.807) is 24.3 Å². The molecular weight excluding hydrogens is 259 g/mol. The summed E-state index contributed by atoms with van der Waals surface area (Å²) in [5.74, 6) is -0.0648. The summed E-state index contributed by atoms with van der Waals surface area (Å²) in [6, 6.07) is 5.16. The molecule has 5 heteroatoms. The van der Waals surface area contributed by atoms with Crippen molar-refractivity contribution in [2.45, 2.75) is 6.42 Å². The van der Waals surface area contributed by atoms with Crippen LogP contribution in [0.3, 0.4) is 0 Å². The molecule has 1 rings (SSSR count). The maximum absolute atomic E-state index is 11.5. The van der Waals surface area contributed by atoms with Crippen LogP contribution in [0.4, 0.5) is 0 Å². The van der Waals surface area contributed by atoms with Crippen LogP contribution in [0, 0.1) is 0 Å². The summed E-state index contributed by atoms with van der Waals surface area (Å²) in [5, 5.41) is 3.69. The SMILES string of the molecule is NC/C=C/CNC(=O)Cc1ccc(Cl)c(Cl)c1. The fraction of sp³-hybridized carbons (Fsp3) is 0.250. The standard InChI is InChI=1S/C12H14Cl2N2O/c13-10-4-3-9(7-11(10)14)8-12(17)16-6-2-1-5-15/h1-4,7H,5-6,8,15H2,(H,16,17)/b2-1+. The van der Waals surface area contributed by atoms with E-state index in [1.165, 1.54) is 0 Å². The van der Waals surface area contributed by atoms with Gasteiger partial charge < -0.3 is 11.1 Å². The Morgan fingerprint density at radius 3 is 2.71 bits per heavy atom. The molecular formula is C12H14Cl2N2O. The Morgan fingerprint density at radius 2 is 2.06 bits per heavy atom. The average molecular weight is 273 g/mol. The minimum absolute atomic E-state index is 0.0648. The molecule has 0 aliphatic carbocycles. The van der Waals surface area contributed by atoms with Crippen LogP contribution in [0.25, 0.3) is 0 Å². The molecule has 0 spiro atoms. The Balaban J connectivity index is 2.45. The van der Waals surface area contributed by atoms with Gasteiger partial charge in [0.25, 0.3) is 0 Å². The van der Waals surface area contributed by atoms with Crippen molar-refractivity contribution in [3.63, 3.8) is 0 Å². The number of rotatable bonds is 5. The average Bonchev–Trinajstić information content (AvgIpc) is 2.30. The molecule has 1 aromatic carbocycles. The molecule has 0 radical (unpaired) electrons. The fourth-order valence-corrected chi connectivity index (χ4v) is 1.57. The summed E-state index contributed by atoms with van der Waals surface area (Å²) >= 11 is 11.6. The van der Waals surface area contributed by atoms with Crippen molar-refractivity contribution < 1.29 is 4.79 Å². The van der Waals surface area contributed by atoms with Crippen molar-refractivity contribution >= 4 is 29.1 Å². The van der Waals surface area contributed by atoms with Gasteiger partial charge in [-0.25, -0.2) is 0 Å². The van der Waals surface area contributed by atoms with Crippen molar-refractivity contribution in [2.75, 3.05) is 13.1 Å². The number of benzene rings is 1. The lowest BCUT2D eigenvalue weighted by molar-refractivity contribution is -0.120. The molecule has 0 aromatic heterocycles. The van der Waals surface area contributed by atoms with Gasteiger partial charge >= 0.3 is 0 Å². The van der Waals surface area contributed by atoms with Gasteiger partial charge in [0.05, 0.1) is 16.5 Å². The van der Waals surface area contributed by atoms with Crippen LogP contribution in [-0.2, 0) is 11.2 Å². The molecule has 0 unspecified atom stereocenters. The number of amides is 1. The fourth-order valence-electron chi connectivity index (χ4n) is 1.25. The van der Waals surface area contributed by atoms with Crippen molar-refractivity contribution in [3.8, 4) is 0 Å². The minimum atomic E-state index is -0.0648. The minimum Gasteiger partial charge on any atom is -0.352 e. The highest BCUT2D eigenvalue weighted by molar-refractivity contribution is 6.42. The van der Waals surface area contributed by atoms with Gasteiger partial charge in [-0.3, -0.25) is 4.79 Å². The number of carbonyl (C=O) groups excluding carboxylic acids is 1. The second-order valence-electron chi connectivity index (χ2n) is 3.44. The van der Waals surface area contributed by atoms with Gasteiger partial charge in [0.15, 0.2) is 0 Å². The zero-order chi connectivity index (χ0) is 12.7. The largest absolute Gasteiger partial charge is 0.352 e. The maximum Gasteiger partial charge on any atom is 0.224 e. The molecule has 0 heterocycles. The van der Waals surface area contributed by atoms with Crippen LogP contribution < -0.4 is 11.1 Å². The molecule has 0 bridgehead atoms. The van der Waals surface area contributed by atoms with Crippen LogP contribution >= 0.6 is 23.2 Å². The number of nitrogens with one attached hydrogen (secondary N) is 1. The van der Waals surface area contributed by atoms with Crippen molar-refractivity contribution in [1.29, 1.82) is 0 Å². The van der Waals surface area contributed by atoms with Gasteiger partial charge in [0.2, 0.25) is 5.91 Å². The van der Waals surface area contributed by atoms with Gasteiger partial charge in [-0.05, 0) is 17.7 Å². The van der Waals surface area contributed by atoms with Gasteiger partial charge in [-0.1, -0.05) is 41.4 Å². The Kier molecular flexibility index (Phi) is 6.05. The van der Waals surface area contributed by atoms with E-state index in [0.29, 0.717) is 23.1 Å². The predicted octanol–water partition coefficient (Wildman–Crippen LogP) is 2.17. The first-order valence-electron chi connectivity index (χ1n) is 5.19. The van der Waals surface area contributed by atoms with Gasteiger partial charge in [-0.15, -0.1) is 0 Å². The van der Waals surface area contributed by atoms with Crippen LogP contribution in [0.15, 0.2) is 30.4 Å². The third-order valence-electron chi connectivity index (χ3n) is 2.07. The van der Waals surface area contributed by atoms with E-state index >= 15 is 0 Å². The molecule has 0 aliphatic heterocycles. The number of nitrogens with two attached hydrogens (primary N) is 1. The number of halogens is 2. The first-order chi connectivity index (χ1) is 8.13. The lowest BCUT2D eigenvalue weighted by Crippen LogP contribution is -2.25. The molecule has 1 amide bonds. The van der Waals surface area contributed by atoms with Gasteiger partial charge in [-0.2, -0.15) is 0 Å². The van der Waals surface area contributed by atoms with E-state index in [2.05, 4.69) is 5.32 Å². The zero-order valence-electron chi connectivity index (χ0n) is 9.25. The second kappa shape index (κ2) is 7.33. The zero-order valence-corrected chi connectivity index (χ0v) is 10.8. The highest BCUT2D eigenvalue weighted by Gasteiger charge is 2.04. The maximum atomic E-state index is 11.5. The summed E-state index contributed by atoms with van der Waals surface area (Å²) in [6.45, 7) is 0.958. The summed E-state index contributed by atoms with van der Waals surface area (Å²) in [7, 11) is 0. The van der Waals surface area contributed by atoms with E-state index < -0.39 is 0 Å². The number of hydrogen-bond acceptors (Lipinski definition) is 2. The Bertz CT molecular complexity index is 419. The highest BCUT2D eigenvalue weighted by atomic mass is 35.5. The molecule has 92 valence electrons. The topological polar surface area (TPSA) is 55.1 Å². The van der Waals surface area contributed by atoms with Gasteiger partial charge in [0.1, 0.15) is 0 Å². The molecule has 17 heavy (non-hydrogen) atoms. The van der Waals surface area contributed by atoms with E-state index in [-0.39, 0.29) is 12.3 Å². The number of hydrogen-bond donors (Lipinski definition) is 2. The van der Waals surface area contributed by atoms with Crippen LogP contribution in [-0.4, -0.2) is 19.0 Å². The quantitative estimate of drug-likeness (QED) is 0.808. The van der Waals surface area contributed by atoms with Crippen molar-refractivity contribution in [1.82, 2.24) is 5.32 Å². The molecule has 1 aromatic rings. The van der Waals surface area contributed by atoms with Crippen molar-refractivity contribution in [3.05, 3.63) is 46.0 Å². The lowest BCUT2D eigenvalue weighted by Gasteiger charge is -2.04. The molecule has 3 nitrogen and oxygen atoms in total. The van der Waals surface area contributed by atoms with E-state index in [9.17, 15) is 4.79 Å². The predicted molar refractivity (Wildman–Crippen MR) is 71.4 cm³/mol. The molecule has 0 aliphatic rings. The van der Waals surface area contributed by atoms with E-state index in [4.69, 9.17) is 28.9 Å². The Labute approximate surface area is 111 Å². The third-order valence-corrected chi connectivity index (χ3v) is 2.81. The van der Waals surface area contributed by atoms with Crippen molar-refractivity contribution in [2.24, 2.45) is 5.73 Å². The smallest absolute Gasteiger partial charge is 0.224 e. The van der Waals surface area contributed by atoms with E-state index in [1.807, 2.05) is 6.08 Å². The first-order valence-corrected chi connectivity index (χ1v) is 5.94. The Morgan fingerprint density at radius 1 is 1.29 bits per heavy atom. The van der Waals surface area contributed by atoms with E-state index in [0.717, 1.165) is 5.56 Å². The summed E-state index contributed by atoms with van der Waals surface area (Å²) < 4.78 is 0. The molecule has 0 fully saturated rings. The van der Waals surface area contributed by atoms with Gasteiger partial charge in [0, 0.05) is 13.1 Å². The molecule has 0 atom stereocenters. The lowest BCUT2D eigenvalue weighted by atomic mass is 10.1. The Hall–Kier alpha value is -1.03. The first kappa shape index (κ1) is 14.0. The highest BCUT2D eigenvalue weighted by Crippen LogP contribution is 2.22. The third kappa shape index (κ3) is 5.22. The second-order valence-corrected chi connectivity index (χ2v) is 4.25. The van der Waals surface area contributed by atoms with Crippen LogP contribution in [0.1, 0.15) is 5.56 Å².